The lowest BCUT2D eigenvalue weighted by atomic mass is 9.85. The average Bonchev–Trinajstić information content (AvgIpc) is 2.12. The van der Waals surface area contributed by atoms with E-state index in [0.717, 1.165) is 25.7 Å². The second-order valence-corrected chi connectivity index (χ2v) is 5.12. The predicted molar refractivity (Wildman–Crippen MR) is 61.9 cm³/mol. The number of allylic oxidation sites excluding steroid dienone is 1. The summed E-state index contributed by atoms with van der Waals surface area (Å²) < 4.78 is 5.92. The standard InChI is InChI=1S/C13H22O2/c1-5-6-8-11(14)13(4)10-7-9-12(2,3)15-13/h6,8H,5,7,9-10H2,1-4H3/b8-6+/t13-/m1/s1. The number of ether oxygens (including phenoxy) is 1. The lowest BCUT2D eigenvalue weighted by molar-refractivity contribution is -0.176. The molecule has 1 rings (SSSR count). The molecule has 1 fully saturated rings. The van der Waals surface area contributed by atoms with Gasteiger partial charge in [0.25, 0.3) is 0 Å². The zero-order valence-corrected chi connectivity index (χ0v) is 10.3. The van der Waals surface area contributed by atoms with Crippen molar-refractivity contribution in [1.29, 1.82) is 0 Å². The number of hydrogen-bond donors (Lipinski definition) is 0. The Morgan fingerprint density at radius 2 is 2.00 bits per heavy atom. The van der Waals surface area contributed by atoms with E-state index in [9.17, 15) is 4.79 Å². The summed E-state index contributed by atoms with van der Waals surface area (Å²) in [6, 6.07) is 0. The lowest BCUT2D eigenvalue weighted by Gasteiger charge is -2.41. The van der Waals surface area contributed by atoms with E-state index in [1.807, 2.05) is 19.9 Å². The second-order valence-electron chi connectivity index (χ2n) is 5.12. The fourth-order valence-electron chi connectivity index (χ4n) is 2.14. The first kappa shape index (κ1) is 12.4. The Morgan fingerprint density at radius 1 is 1.33 bits per heavy atom. The van der Waals surface area contributed by atoms with Gasteiger partial charge >= 0.3 is 0 Å². The molecule has 2 heteroatoms. The first-order valence-electron chi connectivity index (χ1n) is 5.81. The highest BCUT2D eigenvalue weighted by atomic mass is 16.5. The van der Waals surface area contributed by atoms with E-state index >= 15 is 0 Å². The van der Waals surface area contributed by atoms with Crippen molar-refractivity contribution >= 4 is 5.78 Å². The fourth-order valence-corrected chi connectivity index (χ4v) is 2.14. The molecule has 2 nitrogen and oxygen atoms in total. The monoisotopic (exact) mass is 210 g/mol. The number of rotatable bonds is 3. The third-order valence-electron chi connectivity index (χ3n) is 2.96. The van der Waals surface area contributed by atoms with Crippen LogP contribution in [0.3, 0.4) is 0 Å². The predicted octanol–water partition coefficient (Wildman–Crippen LogP) is 3.26. The van der Waals surface area contributed by atoms with Gasteiger partial charge in [-0.2, -0.15) is 0 Å². The van der Waals surface area contributed by atoms with Crippen LogP contribution in [0.1, 0.15) is 53.4 Å². The summed E-state index contributed by atoms with van der Waals surface area (Å²) in [6.07, 6.45) is 7.40. The van der Waals surface area contributed by atoms with Crippen LogP contribution < -0.4 is 0 Å². The van der Waals surface area contributed by atoms with Crippen molar-refractivity contribution < 1.29 is 9.53 Å². The molecule has 0 aromatic carbocycles. The maximum Gasteiger partial charge on any atom is 0.186 e. The molecule has 0 saturated carbocycles. The zero-order chi connectivity index (χ0) is 11.5. The lowest BCUT2D eigenvalue weighted by Crippen LogP contribution is -2.48. The minimum absolute atomic E-state index is 0.108. The number of carbonyl (C=O) groups excluding carboxylic acids is 1. The topological polar surface area (TPSA) is 26.3 Å². The van der Waals surface area contributed by atoms with Crippen molar-refractivity contribution in [2.75, 3.05) is 0 Å². The Kier molecular flexibility index (Phi) is 3.72. The van der Waals surface area contributed by atoms with Crippen LogP contribution in [-0.2, 0) is 9.53 Å². The van der Waals surface area contributed by atoms with Gasteiger partial charge in [0, 0.05) is 0 Å². The molecule has 15 heavy (non-hydrogen) atoms. The van der Waals surface area contributed by atoms with Gasteiger partial charge in [-0.05, 0) is 52.5 Å². The Labute approximate surface area is 92.7 Å². The first-order valence-corrected chi connectivity index (χ1v) is 5.81. The van der Waals surface area contributed by atoms with Gasteiger partial charge < -0.3 is 4.74 Å². The highest BCUT2D eigenvalue weighted by molar-refractivity contribution is 5.96. The molecule has 0 N–H and O–H groups in total. The van der Waals surface area contributed by atoms with Crippen molar-refractivity contribution in [2.24, 2.45) is 0 Å². The van der Waals surface area contributed by atoms with Crippen molar-refractivity contribution in [3.8, 4) is 0 Å². The van der Waals surface area contributed by atoms with E-state index in [0.29, 0.717) is 0 Å². The smallest absolute Gasteiger partial charge is 0.186 e. The number of ketones is 1. The summed E-state index contributed by atoms with van der Waals surface area (Å²) in [5.74, 6) is 0.108. The van der Waals surface area contributed by atoms with Crippen molar-refractivity contribution in [3.05, 3.63) is 12.2 Å². The van der Waals surface area contributed by atoms with E-state index in [-0.39, 0.29) is 11.4 Å². The molecule has 0 spiro atoms. The van der Waals surface area contributed by atoms with Crippen LogP contribution in [0.25, 0.3) is 0 Å². The molecule has 0 amide bonds. The summed E-state index contributed by atoms with van der Waals surface area (Å²) in [4.78, 5) is 12.0. The third kappa shape index (κ3) is 3.16. The van der Waals surface area contributed by atoms with Gasteiger partial charge in [-0.3, -0.25) is 4.79 Å². The van der Waals surface area contributed by atoms with E-state index < -0.39 is 5.60 Å². The van der Waals surface area contributed by atoms with E-state index in [2.05, 4.69) is 13.8 Å². The molecular formula is C13H22O2. The van der Waals surface area contributed by atoms with Gasteiger partial charge in [0.2, 0.25) is 0 Å². The Morgan fingerprint density at radius 3 is 2.53 bits per heavy atom. The molecule has 1 aliphatic rings. The van der Waals surface area contributed by atoms with Gasteiger partial charge in [-0.1, -0.05) is 13.0 Å². The maximum atomic E-state index is 12.0. The number of carbonyl (C=O) groups is 1. The van der Waals surface area contributed by atoms with Gasteiger partial charge in [0.05, 0.1) is 5.60 Å². The molecule has 1 atom stereocenters. The zero-order valence-electron chi connectivity index (χ0n) is 10.3. The first-order chi connectivity index (χ1) is 6.90. The van der Waals surface area contributed by atoms with Crippen LogP contribution >= 0.6 is 0 Å². The molecule has 86 valence electrons. The SMILES string of the molecule is CC/C=C/C(=O)[C@@]1(C)CCCC(C)(C)O1. The molecular weight excluding hydrogens is 188 g/mol. The molecule has 0 aromatic rings. The van der Waals surface area contributed by atoms with E-state index in [4.69, 9.17) is 4.74 Å². The molecule has 1 heterocycles. The third-order valence-corrected chi connectivity index (χ3v) is 2.96. The Bertz CT molecular complexity index is 266. The second kappa shape index (κ2) is 4.48. The molecule has 0 unspecified atom stereocenters. The molecule has 1 saturated heterocycles. The van der Waals surface area contributed by atoms with Gasteiger partial charge in [-0.25, -0.2) is 0 Å². The number of hydrogen-bond acceptors (Lipinski definition) is 2. The molecule has 0 radical (unpaired) electrons. The highest BCUT2D eigenvalue weighted by Gasteiger charge is 2.41. The Hall–Kier alpha value is -0.630. The van der Waals surface area contributed by atoms with E-state index in [1.54, 1.807) is 6.08 Å². The Balaban J connectivity index is 2.73. The van der Waals surface area contributed by atoms with Crippen molar-refractivity contribution in [3.63, 3.8) is 0 Å². The summed E-state index contributed by atoms with van der Waals surface area (Å²) in [5.41, 5.74) is -0.768. The average molecular weight is 210 g/mol. The van der Waals surface area contributed by atoms with Crippen LogP contribution in [0.5, 0.6) is 0 Å². The van der Waals surface area contributed by atoms with Crippen LogP contribution in [-0.4, -0.2) is 17.0 Å². The van der Waals surface area contributed by atoms with Crippen LogP contribution in [0.4, 0.5) is 0 Å². The van der Waals surface area contributed by atoms with Gasteiger partial charge in [-0.15, -0.1) is 0 Å². The van der Waals surface area contributed by atoms with Crippen LogP contribution in [0.2, 0.25) is 0 Å². The molecule has 0 aliphatic carbocycles. The van der Waals surface area contributed by atoms with Gasteiger partial charge in [0.1, 0.15) is 5.60 Å². The quantitative estimate of drug-likeness (QED) is 0.668. The summed E-state index contributed by atoms with van der Waals surface area (Å²) >= 11 is 0. The largest absolute Gasteiger partial charge is 0.361 e. The molecule has 0 bridgehead atoms. The fraction of sp³-hybridized carbons (Fsp3) is 0.769. The normalized spacial score (nSPS) is 30.7. The van der Waals surface area contributed by atoms with E-state index in [1.165, 1.54) is 0 Å². The maximum absolute atomic E-state index is 12.0. The summed E-state index contributed by atoms with van der Waals surface area (Å²) in [6.45, 7) is 8.05. The van der Waals surface area contributed by atoms with Crippen molar-refractivity contribution in [1.82, 2.24) is 0 Å². The van der Waals surface area contributed by atoms with Gasteiger partial charge in [0.15, 0.2) is 5.78 Å². The molecule has 0 aromatic heterocycles. The van der Waals surface area contributed by atoms with Crippen molar-refractivity contribution in [2.45, 2.75) is 64.6 Å². The summed E-state index contributed by atoms with van der Waals surface area (Å²) in [5, 5.41) is 0. The highest BCUT2D eigenvalue weighted by Crippen LogP contribution is 2.35. The van der Waals surface area contributed by atoms with Crippen LogP contribution in [0, 0.1) is 0 Å². The summed E-state index contributed by atoms with van der Waals surface area (Å²) in [7, 11) is 0. The molecule has 1 aliphatic heterocycles. The van der Waals surface area contributed by atoms with Crippen LogP contribution in [0.15, 0.2) is 12.2 Å². The minimum Gasteiger partial charge on any atom is -0.361 e. The minimum atomic E-state index is -0.604.